The molecule has 0 saturated carbocycles. The molecule has 1 aliphatic rings. The van der Waals surface area contributed by atoms with Gasteiger partial charge in [0.1, 0.15) is 17.6 Å². The zero-order chi connectivity index (χ0) is 17.3. The predicted octanol–water partition coefficient (Wildman–Crippen LogP) is 3.70. The standard InChI is InChI=1S/C18H25N3O3/c1-6-22-15-8-12-7-11(2)23-14(12)9-13(15)19-10-16-20-21-17(24-16)18(3,4)5/h8-9,11,19H,6-7,10H2,1-5H3. The summed E-state index contributed by atoms with van der Waals surface area (Å²) in [6.45, 7) is 11.2. The molecule has 0 bridgehead atoms. The number of nitrogens with zero attached hydrogens (tertiary/aromatic N) is 2. The molecule has 2 aromatic rings. The Bertz CT molecular complexity index is 719. The first-order valence-electron chi connectivity index (χ1n) is 8.40. The van der Waals surface area contributed by atoms with Crippen LogP contribution in [0.2, 0.25) is 0 Å². The van der Waals surface area contributed by atoms with Gasteiger partial charge in [0.25, 0.3) is 0 Å². The largest absolute Gasteiger partial charge is 0.492 e. The number of anilines is 1. The first-order valence-corrected chi connectivity index (χ1v) is 8.40. The molecular weight excluding hydrogens is 306 g/mol. The summed E-state index contributed by atoms with van der Waals surface area (Å²) in [5, 5.41) is 11.5. The minimum atomic E-state index is -0.153. The van der Waals surface area contributed by atoms with Gasteiger partial charge in [-0.1, -0.05) is 20.8 Å². The van der Waals surface area contributed by atoms with E-state index in [4.69, 9.17) is 13.9 Å². The van der Waals surface area contributed by atoms with Gasteiger partial charge in [-0.25, -0.2) is 0 Å². The predicted molar refractivity (Wildman–Crippen MR) is 91.7 cm³/mol. The summed E-state index contributed by atoms with van der Waals surface area (Å²) < 4.78 is 17.3. The molecule has 130 valence electrons. The second-order valence-corrected chi connectivity index (χ2v) is 7.13. The lowest BCUT2D eigenvalue weighted by atomic mass is 9.97. The summed E-state index contributed by atoms with van der Waals surface area (Å²) in [4.78, 5) is 0. The third-order valence-electron chi connectivity index (χ3n) is 3.84. The Morgan fingerprint density at radius 1 is 1.29 bits per heavy atom. The number of hydrogen-bond acceptors (Lipinski definition) is 6. The topological polar surface area (TPSA) is 69.4 Å². The summed E-state index contributed by atoms with van der Waals surface area (Å²) in [5.41, 5.74) is 1.91. The molecule has 1 aromatic heterocycles. The number of aromatic nitrogens is 2. The maximum absolute atomic E-state index is 5.83. The van der Waals surface area contributed by atoms with E-state index in [0.29, 0.717) is 24.9 Å². The average Bonchev–Trinajstić information content (AvgIpc) is 3.10. The van der Waals surface area contributed by atoms with E-state index < -0.39 is 0 Å². The quantitative estimate of drug-likeness (QED) is 0.901. The summed E-state index contributed by atoms with van der Waals surface area (Å²) in [6.07, 6.45) is 1.11. The van der Waals surface area contributed by atoms with Crippen molar-refractivity contribution in [2.45, 2.75) is 59.1 Å². The fourth-order valence-electron chi connectivity index (χ4n) is 2.65. The molecule has 1 atom stereocenters. The molecule has 2 heterocycles. The molecule has 1 aliphatic heterocycles. The van der Waals surface area contributed by atoms with Gasteiger partial charge in [-0.2, -0.15) is 0 Å². The van der Waals surface area contributed by atoms with Crippen molar-refractivity contribution in [2.75, 3.05) is 11.9 Å². The van der Waals surface area contributed by atoms with Crippen LogP contribution in [0.15, 0.2) is 16.5 Å². The lowest BCUT2D eigenvalue weighted by Gasteiger charge is -2.13. The van der Waals surface area contributed by atoms with Gasteiger partial charge < -0.3 is 19.2 Å². The van der Waals surface area contributed by atoms with Crippen LogP contribution in [-0.2, 0) is 18.4 Å². The molecule has 0 saturated heterocycles. The number of ether oxygens (including phenoxy) is 2. The fraction of sp³-hybridized carbons (Fsp3) is 0.556. The van der Waals surface area contributed by atoms with Crippen molar-refractivity contribution >= 4 is 5.69 Å². The van der Waals surface area contributed by atoms with E-state index >= 15 is 0 Å². The molecule has 0 radical (unpaired) electrons. The molecule has 6 nitrogen and oxygen atoms in total. The van der Waals surface area contributed by atoms with Crippen LogP contribution in [0.25, 0.3) is 0 Å². The van der Waals surface area contributed by atoms with E-state index in [1.807, 2.05) is 33.8 Å². The maximum Gasteiger partial charge on any atom is 0.235 e. The van der Waals surface area contributed by atoms with Crippen molar-refractivity contribution in [1.29, 1.82) is 0 Å². The Morgan fingerprint density at radius 3 is 2.75 bits per heavy atom. The molecule has 3 rings (SSSR count). The molecule has 24 heavy (non-hydrogen) atoms. The van der Waals surface area contributed by atoms with Crippen LogP contribution < -0.4 is 14.8 Å². The zero-order valence-corrected chi connectivity index (χ0v) is 15.0. The molecule has 6 heteroatoms. The lowest BCUT2D eigenvalue weighted by Crippen LogP contribution is -2.11. The first-order chi connectivity index (χ1) is 11.4. The molecule has 1 N–H and O–H groups in total. The van der Waals surface area contributed by atoms with Crippen LogP contribution in [-0.4, -0.2) is 22.9 Å². The molecule has 0 aliphatic carbocycles. The van der Waals surface area contributed by atoms with E-state index in [2.05, 4.69) is 28.5 Å². The van der Waals surface area contributed by atoms with Crippen LogP contribution in [0.3, 0.4) is 0 Å². The maximum atomic E-state index is 5.83. The summed E-state index contributed by atoms with van der Waals surface area (Å²) in [5.74, 6) is 2.92. The summed E-state index contributed by atoms with van der Waals surface area (Å²) in [7, 11) is 0. The van der Waals surface area contributed by atoms with Gasteiger partial charge in [-0.15, -0.1) is 10.2 Å². The number of fused-ring (bicyclic) bond motifs is 1. The van der Waals surface area contributed by atoms with Crippen molar-refractivity contribution in [1.82, 2.24) is 10.2 Å². The Kier molecular flexibility index (Phi) is 4.39. The number of benzene rings is 1. The average molecular weight is 331 g/mol. The van der Waals surface area contributed by atoms with Crippen LogP contribution in [0.4, 0.5) is 5.69 Å². The lowest BCUT2D eigenvalue weighted by molar-refractivity contribution is 0.254. The Labute approximate surface area is 142 Å². The Morgan fingerprint density at radius 2 is 2.08 bits per heavy atom. The molecule has 0 fully saturated rings. The Hall–Kier alpha value is -2.24. The third-order valence-corrected chi connectivity index (χ3v) is 3.84. The normalized spacial score (nSPS) is 16.6. The molecule has 1 unspecified atom stereocenters. The van der Waals surface area contributed by atoms with E-state index in [1.54, 1.807) is 0 Å². The van der Waals surface area contributed by atoms with Crippen LogP contribution in [0.1, 0.15) is 52.0 Å². The second kappa shape index (κ2) is 6.34. The minimum Gasteiger partial charge on any atom is -0.492 e. The highest BCUT2D eigenvalue weighted by Gasteiger charge is 2.23. The summed E-state index contributed by atoms with van der Waals surface area (Å²) in [6, 6.07) is 4.05. The van der Waals surface area contributed by atoms with Gasteiger partial charge in [-0.3, -0.25) is 0 Å². The number of hydrogen-bond donors (Lipinski definition) is 1. The van der Waals surface area contributed by atoms with E-state index in [-0.39, 0.29) is 11.5 Å². The van der Waals surface area contributed by atoms with Crippen LogP contribution in [0.5, 0.6) is 11.5 Å². The SMILES string of the molecule is CCOc1cc2c(cc1NCc1nnc(C(C)(C)C)o1)OC(C)C2. The highest BCUT2D eigenvalue weighted by Crippen LogP contribution is 2.38. The molecular formula is C18H25N3O3. The highest BCUT2D eigenvalue weighted by atomic mass is 16.5. The minimum absolute atomic E-state index is 0.153. The van der Waals surface area contributed by atoms with Gasteiger partial charge in [-0.05, 0) is 19.9 Å². The molecule has 0 amide bonds. The fourth-order valence-corrected chi connectivity index (χ4v) is 2.65. The molecule has 1 aromatic carbocycles. The molecule has 0 spiro atoms. The van der Waals surface area contributed by atoms with E-state index in [1.165, 1.54) is 5.56 Å². The third kappa shape index (κ3) is 3.47. The smallest absolute Gasteiger partial charge is 0.235 e. The van der Waals surface area contributed by atoms with Crippen molar-refractivity contribution < 1.29 is 13.9 Å². The number of nitrogens with one attached hydrogen (secondary N) is 1. The van der Waals surface area contributed by atoms with Gasteiger partial charge >= 0.3 is 0 Å². The second-order valence-electron chi connectivity index (χ2n) is 7.13. The Balaban J connectivity index is 1.77. The number of rotatable bonds is 5. The van der Waals surface area contributed by atoms with Gasteiger partial charge in [0, 0.05) is 23.5 Å². The van der Waals surface area contributed by atoms with E-state index in [9.17, 15) is 0 Å². The van der Waals surface area contributed by atoms with Gasteiger partial charge in [0.15, 0.2) is 0 Å². The summed E-state index contributed by atoms with van der Waals surface area (Å²) >= 11 is 0. The van der Waals surface area contributed by atoms with Crippen molar-refractivity contribution in [3.05, 3.63) is 29.5 Å². The van der Waals surface area contributed by atoms with Gasteiger partial charge in [0.2, 0.25) is 11.8 Å². The van der Waals surface area contributed by atoms with Crippen LogP contribution >= 0.6 is 0 Å². The van der Waals surface area contributed by atoms with Crippen molar-refractivity contribution in [3.63, 3.8) is 0 Å². The van der Waals surface area contributed by atoms with E-state index in [0.717, 1.165) is 23.6 Å². The first kappa shape index (κ1) is 16.6. The van der Waals surface area contributed by atoms with Crippen LogP contribution in [0, 0.1) is 0 Å². The van der Waals surface area contributed by atoms with Crippen molar-refractivity contribution in [2.24, 2.45) is 0 Å². The monoisotopic (exact) mass is 331 g/mol. The van der Waals surface area contributed by atoms with Crippen molar-refractivity contribution in [3.8, 4) is 11.5 Å². The highest BCUT2D eigenvalue weighted by molar-refractivity contribution is 5.63. The van der Waals surface area contributed by atoms with Gasteiger partial charge in [0.05, 0.1) is 18.8 Å². The zero-order valence-electron chi connectivity index (χ0n) is 15.0.